The van der Waals surface area contributed by atoms with E-state index in [2.05, 4.69) is 6.58 Å². The van der Waals surface area contributed by atoms with Gasteiger partial charge >= 0.3 is 5.97 Å². The monoisotopic (exact) mass is 286 g/mol. The van der Waals surface area contributed by atoms with Crippen LogP contribution in [0, 0.1) is 0 Å². The number of rotatable bonds is 2. The Labute approximate surface area is 117 Å². The van der Waals surface area contributed by atoms with Crippen molar-refractivity contribution in [2.75, 3.05) is 0 Å². The van der Waals surface area contributed by atoms with Crippen LogP contribution in [0.15, 0.2) is 12.2 Å². The molecular formula is C14H19ClO4. The average molecular weight is 287 g/mol. The molecule has 19 heavy (non-hydrogen) atoms. The summed E-state index contributed by atoms with van der Waals surface area (Å²) in [5, 5.41) is 21.2. The fraction of sp³-hybridized carbons (Fsp3) is 0.786. The van der Waals surface area contributed by atoms with E-state index in [1.165, 1.54) is 0 Å². The highest BCUT2D eigenvalue weighted by Gasteiger charge is 2.69. The van der Waals surface area contributed by atoms with E-state index in [0.29, 0.717) is 44.1 Å². The second-order valence-corrected chi connectivity index (χ2v) is 7.81. The molecule has 0 saturated heterocycles. The lowest BCUT2D eigenvalue weighted by atomic mass is 9.50. The van der Waals surface area contributed by atoms with Crippen molar-refractivity contribution >= 4 is 17.6 Å². The number of hydrogen-bond donors (Lipinski definition) is 2. The fourth-order valence-corrected chi connectivity index (χ4v) is 5.45. The van der Waals surface area contributed by atoms with Gasteiger partial charge in [0.15, 0.2) is 0 Å². The molecule has 0 amide bonds. The Kier molecular flexibility index (Phi) is 2.50. The van der Waals surface area contributed by atoms with Crippen LogP contribution in [0.4, 0.5) is 0 Å². The minimum atomic E-state index is -1.03. The molecule has 4 saturated carbocycles. The zero-order chi connectivity index (χ0) is 14.1. The quantitative estimate of drug-likeness (QED) is 0.460. The third-order valence-corrected chi connectivity index (χ3v) is 4.95. The number of ether oxygens (including phenoxy) is 1. The molecule has 2 N–H and O–H groups in total. The Hall–Kier alpha value is -0.580. The van der Waals surface area contributed by atoms with Crippen LogP contribution in [-0.4, -0.2) is 37.9 Å². The first-order valence-electron chi connectivity index (χ1n) is 6.59. The SMILES string of the molecule is C=C(C)C(=O)OC12CC3(O)CC(O)(CC(Cl)(C3)C1)C2. The van der Waals surface area contributed by atoms with Crippen molar-refractivity contribution in [1.82, 2.24) is 0 Å². The van der Waals surface area contributed by atoms with E-state index in [1.807, 2.05) is 0 Å². The predicted octanol–water partition coefficient (Wildman–Crippen LogP) is 1.67. The molecule has 2 unspecified atom stereocenters. The smallest absolute Gasteiger partial charge is 0.333 e. The number of aliphatic hydroxyl groups is 2. The van der Waals surface area contributed by atoms with Crippen LogP contribution in [0.2, 0.25) is 0 Å². The van der Waals surface area contributed by atoms with Crippen molar-refractivity contribution in [2.45, 2.75) is 67.1 Å². The van der Waals surface area contributed by atoms with Gasteiger partial charge in [-0.1, -0.05) is 6.58 Å². The molecule has 0 radical (unpaired) electrons. The predicted molar refractivity (Wildman–Crippen MR) is 69.8 cm³/mol. The highest BCUT2D eigenvalue weighted by atomic mass is 35.5. The molecule has 4 fully saturated rings. The van der Waals surface area contributed by atoms with Gasteiger partial charge in [0, 0.05) is 31.3 Å². The van der Waals surface area contributed by atoms with Gasteiger partial charge < -0.3 is 14.9 Å². The Morgan fingerprint density at radius 1 is 1.11 bits per heavy atom. The summed E-state index contributed by atoms with van der Waals surface area (Å²) in [4.78, 5) is 11.1. The number of carbonyl (C=O) groups excluding carboxylic acids is 1. The van der Waals surface area contributed by atoms with Crippen molar-refractivity contribution < 1.29 is 19.7 Å². The van der Waals surface area contributed by atoms with Gasteiger partial charge in [0.25, 0.3) is 0 Å². The third-order valence-electron chi connectivity index (χ3n) is 4.55. The Morgan fingerprint density at radius 2 is 1.63 bits per heavy atom. The van der Waals surface area contributed by atoms with Gasteiger partial charge in [-0.05, 0) is 19.8 Å². The summed E-state index contributed by atoms with van der Waals surface area (Å²) in [7, 11) is 0. The molecule has 0 aromatic heterocycles. The molecule has 0 heterocycles. The normalized spacial score (nSPS) is 51.2. The molecule has 0 aliphatic heterocycles. The number of halogens is 1. The summed E-state index contributed by atoms with van der Waals surface area (Å²) < 4.78 is 5.56. The largest absolute Gasteiger partial charge is 0.455 e. The Bertz CT molecular complexity index is 419. The molecule has 4 aliphatic carbocycles. The zero-order valence-electron chi connectivity index (χ0n) is 11.0. The van der Waals surface area contributed by atoms with Crippen LogP contribution < -0.4 is 0 Å². The molecule has 4 bridgehead atoms. The molecule has 0 spiro atoms. The average Bonchev–Trinajstić information content (AvgIpc) is 2.07. The molecule has 0 aromatic rings. The molecule has 4 nitrogen and oxygen atoms in total. The summed E-state index contributed by atoms with van der Waals surface area (Å²) in [6, 6.07) is 0. The van der Waals surface area contributed by atoms with E-state index < -0.39 is 27.6 Å². The Balaban J connectivity index is 1.95. The molecule has 4 rings (SSSR count). The summed E-state index contributed by atoms with van der Waals surface area (Å²) >= 11 is 6.53. The van der Waals surface area contributed by atoms with Crippen LogP contribution in [0.1, 0.15) is 45.4 Å². The van der Waals surface area contributed by atoms with Crippen LogP contribution in [0.25, 0.3) is 0 Å². The maximum absolute atomic E-state index is 11.8. The minimum Gasteiger partial charge on any atom is -0.455 e. The van der Waals surface area contributed by atoms with Gasteiger partial charge in [0.05, 0.1) is 16.1 Å². The first kappa shape index (κ1) is 13.4. The van der Waals surface area contributed by atoms with E-state index in [-0.39, 0.29) is 0 Å². The molecule has 4 aliphatic rings. The van der Waals surface area contributed by atoms with Crippen LogP contribution in [-0.2, 0) is 9.53 Å². The third kappa shape index (κ3) is 2.10. The number of carbonyl (C=O) groups is 1. The number of alkyl halides is 1. The molecule has 0 aromatic carbocycles. The summed E-state index contributed by atoms with van der Waals surface area (Å²) in [6.45, 7) is 5.16. The van der Waals surface area contributed by atoms with Crippen molar-refractivity contribution in [3.05, 3.63) is 12.2 Å². The van der Waals surface area contributed by atoms with Gasteiger partial charge in [-0.15, -0.1) is 11.6 Å². The highest BCUT2D eigenvalue weighted by molar-refractivity contribution is 6.24. The highest BCUT2D eigenvalue weighted by Crippen LogP contribution is 2.64. The summed E-state index contributed by atoms with van der Waals surface area (Å²) in [5.41, 5.74) is -2.59. The topological polar surface area (TPSA) is 66.8 Å². The molecule has 5 heteroatoms. The van der Waals surface area contributed by atoms with Crippen LogP contribution in [0.3, 0.4) is 0 Å². The van der Waals surface area contributed by atoms with Gasteiger partial charge in [0.1, 0.15) is 5.60 Å². The lowest BCUT2D eigenvalue weighted by Gasteiger charge is -2.64. The maximum atomic E-state index is 11.8. The lowest BCUT2D eigenvalue weighted by molar-refractivity contribution is -0.254. The van der Waals surface area contributed by atoms with Gasteiger partial charge in [-0.25, -0.2) is 4.79 Å². The Morgan fingerprint density at radius 3 is 2.05 bits per heavy atom. The second kappa shape index (κ2) is 3.54. The van der Waals surface area contributed by atoms with Crippen molar-refractivity contribution in [3.8, 4) is 0 Å². The molecular weight excluding hydrogens is 268 g/mol. The minimum absolute atomic E-state index is 0.318. The first-order valence-corrected chi connectivity index (χ1v) is 6.97. The van der Waals surface area contributed by atoms with Crippen molar-refractivity contribution in [1.29, 1.82) is 0 Å². The maximum Gasteiger partial charge on any atom is 0.333 e. The van der Waals surface area contributed by atoms with Crippen LogP contribution >= 0.6 is 11.6 Å². The summed E-state index contributed by atoms with van der Waals surface area (Å²) in [6.07, 6.45) is 2.43. The first-order chi connectivity index (χ1) is 8.57. The number of esters is 1. The fourth-order valence-electron chi connectivity index (χ4n) is 4.71. The van der Waals surface area contributed by atoms with E-state index in [9.17, 15) is 15.0 Å². The summed E-state index contributed by atoms with van der Waals surface area (Å²) in [5.74, 6) is -0.477. The van der Waals surface area contributed by atoms with Gasteiger partial charge in [-0.2, -0.15) is 0 Å². The van der Waals surface area contributed by atoms with E-state index in [4.69, 9.17) is 16.3 Å². The van der Waals surface area contributed by atoms with Gasteiger partial charge in [0.2, 0.25) is 0 Å². The standard InChI is InChI=1S/C14H19ClO4/c1-9(2)10(16)19-14-5-11(15)3-12(17,7-14)6-13(18,4-11)8-14/h17-18H,1,3-8H2,2H3. The number of hydrogen-bond acceptors (Lipinski definition) is 4. The van der Waals surface area contributed by atoms with Crippen LogP contribution in [0.5, 0.6) is 0 Å². The molecule has 2 atom stereocenters. The lowest BCUT2D eigenvalue weighted by Crippen LogP contribution is -2.71. The molecule has 106 valence electrons. The second-order valence-electron chi connectivity index (χ2n) is 7.01. The van der Waals surface area contributed by atoms with E-state index >= 15 is 0 Å². The zero-order valence-corrected chi connectivity index (χ0v) is 11.8. The van der Waals surface area contributed by atoms with Crippen molar-refractivity contribution in [3.63, 3.8) is 0 Å². The van der Waals surface area contributed by atoms with Crippen molar-refractivity contribution in [2.24, 2.45) is 0 Å². The van der Waals surface area contributed by atoms with Gasteiger partial charge in [-0.3, -0.25) is 0 Å². The van der Waals surface area contributed by atoms with E-state index in [1.54, 1.807) is 6.92 Å². The van der Waals surface area contributed by atoms with E-state index in [0.717, 1.165) is 0 Å².